The molecule has 3 nitrogen and oxygen atoms in total. The molecule has 0 aliphatic heterocycles. The Morgan fingerprint density at radius 3 is 2.88 bits per heavy atom. The minimum absolute atomic E-state index is 0.742. The Bertz CT molecular complexity index is 402. The largest absolute Gasteiger partial charge is 0.460 e. The first-order valence-corrected chi connectivity index (χ1v) is 5.14. The molecule has 3 heteroatoms. The van der Waals surface area contributed by atoms with Crippen molar-refractivity contribution in [2.75, 3.05) is 0 Å². The number of hydrogen-bond donors (Lipinski definition) is 0. The molecule has 0 saturated carbocycles. The number of aliphatic imine (C=N–C) groups is 1. The second kappa shape index (κ2) is 6.56. The fourth-order valence-electron chi connectivity index (χ4n) is 1.05. The van der Waals surface area contributed by atoms with Crippen molar-refractivity contribution >= 4 is 6.21 Å². The van der Waals surface area contributed by atoms with Crippen LogP contribution in [0.1, 0.15) is 19.5 Å². The van der Waals surface area contributed by atoms with Crippen molar-refractivity contribution in [1.29, 1.82) is 0 Å². The number of ether oxygens (including phenoxy) is 1. The van der Waals surface area contributed by atoms with Crippen LogP contribution in [0.3, 0.4) is 0 Å². The van der Waals surface area contributed by atoms with Gasteiger partial charge >= 0.3 is 0 Å². The third-order valence-electron chi connectivity index (χ3n) is 1.82. The highest BCUT2D eigenvalue weighted by Crippen LogP contribution is 2.12. The zero-order chi connectivity index (χ0) is 11.8. The quantitative estimate of drug-likeness (QED) is 0.440. The molecule has 84 valence electrons. The van der Waals surface area contributed by atoms with Crippen molar-refractivity contribution in [3.63, 3.8) is 0 Å². The van der Waals surface area contributed by atoms with Crippen LogP contribution in [0.25, 0.3) is 0 Å². The minimum atomic E-state index is 0.742. The second-order valence-corrected chi connectivity index (χ2v) is 3.26. The van der Waals surface area contributed by atoms with E-state index in [2.05, 4.69) is 9.98 Å². The zero-order valence-corrected chi connectivity index (χ0v) is 9.84. The number of rotatable bonds is 4. The highest BCUT2D eigenvalue weighted by atomic mass is 16.5. The summed E-state index contributed by atoms with van der Waals surface area (Å²) in [5.74, 6) is 1.54. The first kappa shape index (κ1) is 12.2. The highest BCUT2D eigenvalue weighted by Gasteiger charge is 1.94. The van der Waals surface area contributed by atoms with Crippen molar-refractivity contribution in [1.82, 2.24) is 4.98 Å². The molecule has 0 atom stereocenters. The minimum Gasteiger partial charge on any atom is -0.460 e. The van der Waals surface area contributed by atoms with Gasteiger partial charge in [-0.15, -0.1) is 0 Å². The molecule has 0 N–H and O–H groups in total. The summed E-state index contributed by atoms with van der Waals surface area (Å²) in [6.45, 7) is 5.70. The van der Waals surface area contributed by atoms with Gasteiger partial charge in [0.25, 0.3) is 0 Å². The van der Waals surface area contributed by atoms with E-state index < -0.39 is 0 Å². The average Bonchev–Trinajstić information content (AvgIpc) is 2.28. The summed E-state index contributed by atoms with van der Waals surface area (Å²) < 4.78 is 5.55. The van der Waals surface area contributed by atoms with Crippen LogP contribution in [-0.2, 0) is 0 Å². The summed E-state index contributed by atoms with van der Waals surface area (Å²) in [6.07, 6.45) is 8.83. The average molecular weight is 216 g/mol. The van der Waals surface area contributed by atoms with Crippen molar-refractivity contribution in [2.45, 2.75) is 20.8 Å². The molecule has 1 rings (SSSR count). The summed E-state index contributed by atoms with van der Waals surface area (Å²) in [7, 11) is 0. The van der Waals surface area contributed by atoms with Crippen molar-refractivity contribution in [2.24, 2.45) is 4.99 Å². The molecule has 0 radical (unpaired) electrons. The van der Waals surface area contributed by atoms with Gasteiger partial charge in [-0.05, 0) is 45.1 Å². The first-order valence-electron chi connectivity index (χ1n) is 5.14. The normalized spacial score (nSPS) is 12.6. The number of nitrogens with zero attached hydrogens (tertiary/aromatic N) is 2. The zero-order valence-electron chi connectivity index (χ0n) is 9.84. The Morgan fingerprint density at radius 1 is 1.44 bits per heavy atom. The number of hydrogen-bond acceptors (Lipinski definition) is 3. The van der Waals surface area contributed by atoms with Gasteiger partial charge in [0.15, 0.2) is 0 Å². The van der Waals surface area contributed by atoms with E-state index in [0.717, 1.165) is 17.2 Å². The van der Waals surface area contributed by atoms with E-state index in [1.165, 1.54) is 0 Å². The number of allylic oxidation sites excluding steroid dienone is 3. The Kier molecular flexibility index (Phi) is 4.99. The van der Waals surface area contributed by atoms with Crippen molar-refractivity contribution in [3.05, 3.63) is 48.1 Å². The van der Waals surface area contributed by atoms with E-state index in [4.69, 9.17) is 4.74 Å². The van der Waals surface area contributed by atoms with Gasteiger partial charge in [0.05, 0.1) is 6.20 Å². The summed E-state index contributed by atoms with van der Waals surface area (Å²) in [4.78, 5) is 8.09. The van der Waals surface area contributed by atoms with Gasteiger partial charge in [0, 0.05) is 18.1 Å². The van der Waals surface area contributed by atoms with Crippen LogP contribution in [0.5, 0.6) is 5.75 Å². The number of aryl methyl sites for hydroxylation is 1. The van der Waals surface area contributed by atoms with Gasteiger partial charge in [-0.2, -0.15) is 0 Å². The molecule has 0 spiro atoms. The number of pyridine rings is 1. The fourth-order valence-corrected chi connectivity index (χ4v) is 1.05. The van der Waals surface area contributed by atoms with Crippen LogP contribution in [-0.4, -0.2) is 11.2 Å². The maximum atomic E-state index is 5.55. The third kappa shape index (κ3) is 4.55. The summed E-state index contributed by atoms with van der Waals surface area (Å²) in [5.41, 5.74) is 0.978. The fraction of sp³-hybridized carbons (Fsp3) is 0.231. The van der Waals surface area contributed by atoms with Gasteiger partial charge in [0.2, 0.25) is 0 Å². The molecule has 0 unspecified atom stereocenters. The van der Waals surface area contributed by atoms with E-state index in [-0.39, 0.29) is 0 Å². The summed E-state index contributed by atoms with van der Waals surface area (Å²) in [5, 5.41) is 0. The van der Waals surface area contributed by atoms with Crippen LogP contribution in [0.4, 0.5) is 0 Å². The number of aromatic nitrogens is 1. The van der Waals surface area contributed by atoms with Crippen molar-refractivity contribution < 1.29 is 4.74 Å². The SMILES string of the molecule is CC=N/C=C\C=C(/C)Oc1ccc(C)nc1. The van der Waals surface area contributed by atoms with Crippen molar-refractivity contribution in [3.8, 4) is 5.75 Å². The van der Waals surface area contributed by atoms with Gasteiger partial charge in [-0.3, -0.25) is 9.98 Å². The van der Waals surface area contributed by atoms with Gasteiger partial charge in [-0.25, -0.2) is 0 Å². The molecule has 0 amide bonds. The van der Waals surface area contributed by atoms with Crippen LogP contribution in [0, 0.1) is 6.92 Å². The maximum Gasteiger partial charge on any atom is 0.145 e. The lowest BCUT2D eigenvalue weighted by Gasteiger charge is -2.04. The van der Waals surface area contributed by atoms with Gasteiger partial charge in [0.1, 0.15) is 11.5 Å². The summed E-state index contributed by atoms with van der Waals surface area (Å²) >= 11 is 0. The van der Waals surface area contributed by atoms with Gasteiger partial charge < -0.3 is 4.74 Å². The predicted molar refractivity (Wildman–Crippen MR) is 66.7 cm³/mol. The topological polar surface area (TPSA) is 34.5 Å². The second-order valence-electron chi connectivity index (χ2n) is 3.26. The third-order valence-corrected chi connectivity index (χ3v) is 1.82. The van der Waals surface area contributed by atoms with E-state index in [0.29, 0.717) is 0 Å². The molecule has 1 aromatic rings. The molecule has 0 bridgehead atoms. The lowest BCUT2D eigenvalue weighted by Crippen LogP contribution is -1.91. The van der Waals surface area contributed by atoms with Crippen LogP contribution < -0.4 is 4.74 Å². The lowest BCUT2D eigenvalue weighted by atomic mass is 10.4. The smallest absolute Gasteiger partial charge is 0.145 e. The molecule has 0 fully saturated rings. The van der Waals surface area contributed by atoms with Gasteiger partial charge in [-0.1, -0.05) is 0 Å². The van der Waals surface area contributed by atoms with E-state index in [1.807, 2.05) is 45.1 Å². The molecule has 1 aromatic heterocycles. The maximum absolute atomic E-state index is 5.55. The molecule has 0 saturated heterocycles. The Balaban J connectivity index is 2.56. The van der Waals surface area contributed by atoms with E-state index in [9.17, 15) is 0 Å². The standard InChI is InChI=1S/C13H16N2O/c1-4-14-9-5-6-12(3)16-13-8-7-11(2)15-10-13/h4-10H,1-3H3/b9-5-,12-6+,14-4?. The van der Waals surface area contributed by atoms with Crippen LogP contribution in [0.15, 0.2) is 47.4 Å². The lowest BCUT2D eigenvalue weighted by molar-refractivity contribution is 0.426. The monoisotopic (exact) mass is 216 g/mol. The molecular formula is C13H16N2O. The molecule has 0 aliphatic carbocycles. The molecule has 0 aromatic carbocycles. The Labute approximate surface area is 96.2 Å². The predicted octanol–water partition coefficient (Wildman–Crippen LogP) is 3.28. The Morgan fingerprint density at radius 2 is 2.25 bits per heavy atom. The summed E-state index contributed by atoms with van der Waals surface area (Å²) in [6, 6.07) is 3.81. The molecular weight excluding hydrogens is 200 g/mol. The molecule has 1 heterocycles. The van der Waals surface area contributed by atoms with E-state index >= 15 is 0 Å². The molecule has 0 aliphatic rings. The molecule has 16 heavy (non-hydrogen) atoms. The van der Waals surface area contributed by atoms with E-state index in [1.54, 1.807) is 18.6 Å². The van der Waals surface area contributed by atoms with Crippen LogP contribution >= 0.6 is 0 Å². The Hall–Kier alpha value is -1.90. The first-order chi connectivity index (χ1) is 7.72. The highest BCUT2D eigenvalue weighted by molar-refractivity contribution is 5.54. The van der Waals surface area contributed by atoms with Crippen LogP contribution in [0.2, 0.25) is 0 Å².